The lowest BCUT2D eigenvalue weighted by Crippen LogP contribution is -2.22. The molecule has 0 fully saturated rings. The number of amides is 1. The number of nitrogens with zero attached hydrogens (tertiary/aromatic N) is 2. The summed E-state index contributed by atoms with van der Waals surface area (Å²) < 4.78 is 20.8. The molecule has 10 heteroatoms. The highest BCUT2D eigenvalue weighted by Crippen LogP contribution is 2.23. The number of nitrogens with two attached hydrogens (primary N) is 1. The highest BCUT2D eigenvalue weighted by atomic mass is 79.9. The number of carbonyl (C=O) groups is 1. The van der Waals surface area contributed by atoms with Crippen molar-refractivity contribution in [2.24, 2.45) is 15.1 Å². The Kier molecular flexibility index (Phi) is 9.32. The SMILES string of the molecule is C=C/C(Br)=C(\N=C(/N)Nc1ccc(/[SH](=O)=N/C(=O)OCC)cc1)SC. The zero-order valence-electron chi connectivity index (χ0n) is 13.7. The molecule has 0 saturated carbocycles. The number of guanidine groups is 1. The third-order valence-corrected chi connectivity index (χ3v) is 5.34. The number of halogens is 1. The fourth-order valence-electron chi connectivity index (χ4n) is 1.53. The highest BCUT2D eigenvalue weighted by molar-refractivity contribution is 9.12. The zero-order valence-corrected chi connectivity index (χ0v) is 17.0. The van der Waals surface area contributed by atoms with Gasteiger partial charge in [-0.3, -0.25) is 0 Å². The van der Waals surface area contributed by atoms with Gasteiger partial charge in [0.25, 0.3) is 0 Å². The first kappa shape index (κ1) is 21.3. The van der Waals surface area contributed by atoms with Crippen molar-refractivity contribution in [1.82, 2.24) is 0 Å². The third-order valence-electron chi connectivity index (χ3n) is 2.60. The fraction of sp³-hybridized carbons (Fsp3) is 0.200. The molecule has 1 unspecified atom stereocenters. The van der Waals surface area contributed by atoms with Gasteiger partial charge in [0.2, 0.25) is 0 Å². The minimum Gasteiger partial charge on any atom is -0.448 e. The molecule has 0 aliphatic rings. The number of anilines is 1. The first-order valence-electron chi connectivity index (χ1n) is 7.04. The number of rotatable bonds is 6. The summed E-state index contributed by atoms with van der Waals surface area (Å²) in [6.45, 7) is 5.49. The predicted molar refractivity (Wildman–Crippen MR) is 109 cm³/mol. The first-order chi connectivity index (χ1) is 11.9. The molecule has 0 heterocycles. The second kappa shape index (κ2) is 11.0. The summed E-state index contributed by atoms with van der Waals surface area (Å²) in [5.74, 6) is 0.191. The van der Waals surface area contributed by atoms with E-state index in [1.807, 2.05) is 6.26 Å². The van der Waals surface area contributed by atoms with Crippen molar-refractivity contribution in [3.63, 3.8) is 0 Å². The largest absolute Gasteiger partial charge is 0.448 e. The van der Waals surface area contributed by atoms with E-state index in [0.717, 1.165) is 4.48 Å². The molecule has 0 spiro atoms. The molecule has 3 N–H and O–H groups in total. The van der Waals surface area contributed by atoms with Gasteiger partial charge in [-0.1, -0.05) is 12.7 Å². The zero-order chi connectivity index (χ0) is 18.8. The van der Waals surface area contributed by atoms with Crippen molar-refractivity contribution in [3.05, 3.63) is 46.4 Å². The van der Waals surface area contributed by atoms with Gasteiger partial charge in [-0.05, 0) is 53.4 Å². The molecule has 0 aromatic heterocycles. The third kappa shape index (κ3) is 7.32. The number of ether oxygens (including phenoxy) is 1. The predicted octanol–water partition coefficient (Wildman–Crippen LogP) is 3.71. The van der Waals surface area contributed by atoms with Crippen molar-refractivity contribution in [3.8, 4) is 0 Å². The van der Waals surface area contributed by atoms with Gasteiger partial charge < -0.3 is 15.8 Å². The topological polar surface area (TPSA) is 106 Å². The monoisotopic (exact) mass is 446 g/mol. The number of benzene rings is 1. The Balaban J connectivity index is 2.88. The minimum absolute atomic E-state index is 0.182. The summed E-state index contributed by atoms with van der Waals surface area (Å²) >= 11 is 4.76. The molecule has 1 aromatic carbocycles. The van der Waals surface area contributed by atoms with E-state index >= 15 is 0 Å². The Morgan fingerprint density at radius 2 is 2.12 bits per heavy atom. The summed E-state index contributed by atoms with van der Waals surface area (Å²) in [5, 5.41) is 3.59. The van der Waals surface area contributed by atoms with Crippen LogP contribution in [0.25, 0.3) is 0 Å². The van der Waals surface area contributed by atoms with Crippen LogP contribution in [0.2, 0.25) is 0 Å². The highest BCUT2D eigenvalue weighted by Gasteiger charge is 2.03. The normalized spacial score (nSPS) is 13.8. The van der Waals surface area contributed by atoms with Gasteiger partial charge in [-0.25, -0.2) is 14.0 Å². The molecule has 0 saturated heterocycles. The lowest BCUT2D eigenvalue weighted by molar-refractivity contribution is 0.164. The Bertz CT molecular complexity index is 769. The van der Waals surface area contributed by atoms with Crippen LogP contribution in [0, 0.1) is 0 Å². The maximum absolute atomic E-state index is 11.9. The van der Waals surface area contributed by atoms with Crippen LogP contribution in [-0.4, -0.2) is 29.1 Å². The molecule has 1 atom stereocenters. The number of carbonyl (C=O) groups excluding carboxylic acids is 1. The van der Waals surface area contributed by atoms with Crippen molar-refractivity contribution in [2.75, 3.05) is 18.2 Å². The van der Waals surface area contributed by atoms with E-state index in [0.29, 0.717) is 15.6 Å². The van der Waals surface area contributed by atoms with Crippen LogP contribution < -0.4 is 11.1 Å². The van der Waals surface area contributed by atoms with Crippen LogP contribution in [0.1, 0.15) is 6.92 Å². The molecule has 0 bridgehead atoms. The molecule has 1 rings (SSSR count). The van der Waals surface area contributed by atoms with Gasteiger partial charge in [0.1, 0.15) is 5.03 Å². The molecule has 0 radical (unpaired) electrons. The molecule has 0 aliphatic heterocycles. The summed E-state index contributed by atoms with van der Waals surface area (Å²) in [6.07, 6.45) is 2.65. The Hall–Kier alpha value is -1.78. The molecule has 7 nitrogen and oxygen atoms in total. The second-order valence-corrected chi connectivity index (χ2v) is 7.21. The Morgan fingerprint density at radius 1 is 1.48 bits per heavy atom. The summed E-state index contributed by atoms with van der Waals surface area (Å²) in [5.41, 5.74) is 6.52. The van der Waals surface area contributed by atoms with E-state index in [1.165, 1.54) is 11.8 Å². The quantitative estimate of drug-likeness (QED) is 0.266. The van der Waals surface area contributed by atoms with E-state index in [-0.39, 0.29) is 12.6 Å². The number of thiol groups is 1. The minimum atomic E-state index is -2.20. The van der Waals surface area contributed by atoms with E-state index < -0.39 is 16.7 Å². The van der Waals surface area contributed by atoms with E-state index in [4.69, 9.17) is 5.73 Å². The number of allylic oxidation sites excluding steroid dienone is 2. The van der Waals surface area contributed by atoms with E-state index in [1.54, 1.807) is 37.3 Å². The first-order valence-corrected chi connectivity index (χ1v) is 10.3. The van der Waals surface area contributed by atoms with Crippen LogP contribution >= 0.6 is 27.7 Å². The Labute approximate surface area is 161 Å². The number of nitrogens with one attached hydrogen (secondary N) is 1. The maximum Gasteiger partial charge on any atom is 0.441 e. The van der Waals surface area contributed by atoms with E-state index in [9.17, 15) is 9.00 Å². The van der Waals surface area contributed by atoms with Gasteiger partial charge in [0.15, 0.2) is 5.96 Å². The summed E-state index contributed by atoms with van der Waals surface area (Å²) in [7, 11) is -2.20. The van der Waals surface area contributed by atoms with Crippen LogP contribution in [0.5, 0.6) is 0 Å². The average molecular weight is 447 g/mol. The van der Waals surface area contributed by atoms with Gasteiger partial charge in [0.05, 0.1) is 17.2 Å². The van der Waals surface area contributed by atoms with Crippen LogP contribution in [0.15, 0.2) is 60.7 Å². The lowest BCUT2D eigenvalue weighted by atomic mass is 10.3. The van der Waals surface area contributed by atoms with E-state index in [2.05, 4.69) is 41.9 Å². The maximum atomic E-state index is 11.9. The van der Waals surface area contributed by atoms with Gasteiger partial charge in [-0.15, -0.1) is 16.1 Å². The number of hydrogen-bond donors (Lipinski definition) is 3. The van der Waals surface area contributed by atoms with Crippen LogP contribution in [0.4, 0.5) is 10.5 Å². The van der Waals surface area contributed by atoms with Gasteiger partial charge >= 0.3 is 6.09 Å². The van der Waals surface area contributed by atoms with Gasteiger partial charge in [0, 0.05) is 15.1 Å². The molecule has 0 aliphatic carbocycles. The number of aliphatic imine (C=N–C) groups is 1. The molecule has 25 heavy (non-hydrogen) atoms. The van der Waals surface area contributed by atoms with Crippen molar-refractivity contribution in [1.29, 1.82) is 0 Å². The molecular weight excluding hydrogens is 428 g/mol. The number of thioether (sulfide) groups is 1. The summed E-state index contributed by atoms with van der Waals surface area (Å²) in [4.78, 5) is 15.9. The van der Waals surface area contributed by atoms with Crippen LogP contribution in [-0.2, 0) is 15.3 Å². The second-order valence-electron chi connectivity index (χ2n) is 4.30. The fourth-order valence-corrected chi connectivity index (χ4v) is 3.29. The number of hydrogen-bond acceptors (Lipinski definition) is 5. The molecular formula is C15H19BrN4O3S2. The molecule has 1 aromatic rings. The summed E-state index contributed by atoms with van der Waals surface area (Å²) in [6, 6.07) is 6.50. The Morgan fingerprint density at radius 3 is 2.64 bits per heavy atom. The van der Waals surface area contributed by atoms with Crippen LogP contribution in [0.3, 0.4) is 0 Å². The smallest absolute Gasteiger partial charge is 0.441 e. The molecule has 1 amide bonds. The average Bonchev–Trinajstić information content (AvgIpc) is 2.59. The van der Waals surface area contributed by atoms with Gasteiger partial charge in [-0.2, -0.15) is 0 Å². The van der Waals surface area contributed by atoms with Crippen molar-refractivity contribution in [2.45, 2.75) is 11.8 Å². The van der Waals surface area contributed by atoms with Crippen molar-refractivity contribution < 1.29 is 13.7 Å². The lowest BCUT2D eigenvalue weighted by Gasteiger charge is -2.07. The standard InChI is InChI=1S/C15H19BrN4O3S2/c1-4-12(16)13(24-3)19-14(17)18-10-6-8-11(9-7-10)25(22)20-15(21)23-5-2/h4,6-9,25H,1,5H2,2-3H3,(H3,17,18,19)/b13-12-. The molecule has 136 valence electrons. The van der Waals surface area contributed by atoms with Crippen molar-refractivity contribution >= 4 is 56.0 Å².